The zero-order valence-electron chi connectivity index (χ0n) is 14.5. The van der Waals surface area contributed by atoms with E-state index in [1.165, 1.54) is 0 Å². The molecule has 1 heterocycles. The molecule has 1 aliphatic heterocycles. The summed E-state index contributed by atoms with van der Waals surface area (Å²) >= 11 is 0. The Morgan fingerprint density at radius 3 is 2.57 bits per heavy atom. The first-order valence-electron chi connectivity index (χ1n) is 9.14. The molecule has 2 atom stereocenters. The summed E-state index contributed by atoms with van der Waals surface area (Å²) in [5.41, 5.74) is -1.03. The molecule has 126 valence electrons. The minimum Gasteiger partial charge on any atom is -0.459 e. The van der Waals surface area contributed by atoms with Crippen molar-refractivity contribution in [3.05, 3.63) is 35.9 Å². The van der Waals surface area contributed by atoms with Gasteiger partial charge in [0.2, 0.25) is 0 Å². The van der Waals surface area contributed by atoms with Crippen molar-refractivity contribution in [1.29, 1.82) is 0 Å². The van der Waals surface area contributed by atoms with E-state index < -0.39 is 17.7 Å². The SMILES string of the molecule is [2H]C1(C(O)(C(=O)OCc2ccccc2)C2CCCC2)CCCCO1. The lowest BCUT2D eigenvalue weighted by Gasteiger charge is -2.40. The molecule has 1 aromatic rings. The summed E-state index contributed by atoms with van der Waals surface area (Å²) < 4.78 is 19.7. The molecule has 0 amide bonds. The molecule has 1 saturated carbocycles. The summed E-state index contributed by atoms with van der Waals surface area (Å²) in [5.74, 6) is -0.980. The Kier molecular flexibility index (Phi) is 4.91. The number of hydrogen-bond donors (Lipinski definition) is 1. The van der Waals surface area contributed by atoms with Crippen LogP contribution in [0.3, 0.4) is 0 Å². The van der Waals surface area contributed by atoms with E-state index in [9.17, 15) is 9.90 Å². The molecule has 4 nitrogen and oxygen atoms in total. The molecule has 1 aromatic carbocycles. The van der Waals surface area contributed by atoms with Gasteiger partial charge in [-0.05, 0) is 37.7 Å². The summed E-state index contributed by atoms with van der Waals surface area (Å²) in [6, 6.07) is 9.39. The minimum atomic E-state index is -1.89. The predicted molar refractivity (Wildman–Crippen MR) is 86.7 cm³/mol. The van der Waals surface area contributed by atoms with Crippen LogP contribution in [-0.4, -0.2) is 29.4 Å². The Balaban J connectivity index is 1.79. The van der Waals surface area contributed by atoms with Gasteiger partial charge >= 0.3 is 5.97 Å². The van der Waals surface area contributed by atoms with E-state index in [0.29, 0.717) is 13.0 Å². The van der Waals surface area contributed by atoms with Crippen molar-refractivity contribution < 1.29 is 20.7 Å². The number of benzene rings is 1. The van der Waals surface area contributed by atoms with Crippen LogP contribution in [0.15, 0.2) is 30.3 Å². The van der Waals surface area contributed by atoms with Gasteiger partial charge in [0, 0.05) is 12.5 Å². The number of aliphatic hydroxyl groups is 1. The highest BCUT2D eigenvalue weighted by Gasteiger charge is 2.53. The molecule has 2 fully saturated rings. The van der Waals surface area contributed by atoms with Crippen molar-refractivity contribution in [2.45, 2.75) is 63.2 Å². The van der Waals surface area contributed by atoms with E-state index in [1.54, 1.807) is 0 Å². The molecule has 0 bridgehead atoms. The Labute approximate surface area is 139 Å². The first kappa shape index (κ1) is 15.2. The molecular formula is C19H26O4. The zero-order valence-corrected chi connectivity index (χ0v) is 13.5. The van der Waals surface area contributed by atoms with E-state index in [-0.39, 0.29) is 12.5 Å². The molecule has 23 heavy (non-hydrogen) atoms. The Morgan fingerprint density at radius 1 is 1.22 bits per heavy atom. The van der Waals surface area contributed by atoms with E-state index in [4.69, 9.17) is 10.8 Å². The average molecular weight is 319 g/mol. The zero-order chi connectivity index (χ0) is 17.0. The third-order valence-corrected chi connectivity index (χ3v) is 4.97. The molecule has 0 radical (unpaired) electrons. The second kappa shape index (κ2) is 7.45. The second-order valence-electron chi connectivity index (χ2n) is 6.54. The van der Waals surface area contributed by atoms with Crippen LogP contribution in [0, 0.1) is 5.92 Å². The summed E-state index contributed by atoms with van der Waals surface area (Å²) in [6.07, 6.45) is 3.81. The molecule has 0 aromatic heterocycles. The lowest BCUT2D eigenvalue weighted by Crippen LogP contribution is -2.57. The third kappa shape index (κ3) is 3.59. The van der Waals surface area contributed by atoms with Crippen LogP contribution < -0.4 is 0 Å². The van der Waals surface area contributed by atoms with Crippen molar-refractivity contribution in [1.82, 2.24) is 0 Å². The van der Waals surface area contributed by atoms with E-state index in [0.717, 1.165) is 44.1 Å². The highest BCUT2D eigenvalue weighted by atomic mass is 16.6. The maximum atomic E-state index is 12.9. The minimum absolute atomic E-state index is 0.102. The topological polar surface area (TPSA) is 55.8 Å². The molecule has 4 heteroatoms. The van der Waals surface area contributed by atoms with Crippen molar-refractivity contribution >= 4 is 5.97 Å². The van der Waals surface area contributed by atoms with Crippen molar-refractivity contribution in [3.8, 4) is 0 Å². The van der Waals surface area contributed by atoms with Gasteiger partial charge in [0.05, 0.1) is 7.45 Å². The van der Waals surface area contributed by atoms with Crippen LogP contribution in [-0.2, 0) is 20.9 Å². The Morgan fingerprint density at radius 2 is 1.91 bits per heavy atom. The van der Waals surface area contributed by atoms with Crippen LogP contribution >= 0.6 is 0 Å². The number of rotatable bonds is 5. The van der Waals surface area contributed by atoms with Crippen LogP contribution in [0.5, 0.6) is 0 Å². The third-order valence-electron chi connectivity index (χ3n) is 4.97. The molecule has 1 aliphatic carbocycles. The van der Waals surface area contributed by atoms with E-state index >= 15 is 0 Å². The molecule has 1 N–H and O–H groups in total. The first-order valence-corrected chi connectivity index (χ1v) is 8.64. The first-order chi connectivity index (χ1) is 11.6. The average Bonchev–Trinajstić information content (AvgIpc) is 3.15. The summed E-state index contributed by atoms with van der Waals surface area (Å²) in [6.45, 7) is 0.509. The summed E-state index contributed by atoms with van der Waals surface area (Å²) in [5, 5.41) is 11.4. The molecule has 0 spiro atoms. The smallest absolute Gasteiger partial charge is 0.341 e. The highest BCUT2D eigenvalue weighted by molar-refractivity contribution is 5.80. The van der Waals surface area contributed by atoms with Gasteiger partial charge in [-0.25, -0.2) is 4.79 Å². The van der Waals surface area contributed by atoms with Crippen LogP contribution in [0.1, 0.15) is 51.9 Å². The Hall–Kier alpha value is -1.39. The number of esters is 1. The normalized spacial score (nSPS) is 28.8. The second-order valence-corrected chi connectivity index (χ2v) is 6.54. The number of carbonyl (C=O) groups excluding carboxylic acids is 1. The van der Waals surface area contributed by atoms with Gasteiger partial charge in [-0.1, -0.05) is 43.2 Å². The summed E-state index contributed by atoms with van der Waals surface area (Å²) in [7, 11) is 0. The van der Waals surface area contributed by atoms with Crippen molar-refractivity contribution in [3.63, 3.8) is 0 Å². The van der Waals surface area contributed by atoms with Crippen LogP contribution in [0.25, 0.3) is 0 Å². The number of carbonyl (C=O) groups is 1. The molecule has 2 aliphatic rings. The lowest BCUT2D eigenvalue weighted by atomic mass is 9.78. The van der Waals surface area contributed by atoms with Gasteiger partial charge in [0.15, 0.2) is 5.60 Å². The number of hydrogen-bond acceptors (Lipinski definition) is 4. The largest absolute Gasteiger partial charge is 0.459 e. The fourth-order valence-electron chi connectivity index (χ4n) is 3.64. The van der Waals surface area contributed by atoms with Crippen molar-refractivity contribution in [2.75, 3.05) is 6.61 Å². The fraction of sp³-hybridized carbons (Fsp3) is 0.632. The highest BCUT2D eigenvalue weighted by Crippen LogP contribution is 2.40. The van der Waals surface area contributed by atoms with Gasteiger partial charge in [-0.15, -0.1) is 0 Å². The predicted octanol–water partition coefficient (Wildman–Crippen LogP) is 3.22. The maximum absolute atomic E-state index is 12.9. The van der Waals surface area contributed by atoms with E-state index in [2.05, 4.69) is 0 Å². The monoisotopic (exact) mass is 319 g/mol. The molecule has 2 unspecified atom stereocenters. The Bertz CT molecular complexity index is 550. The van der Waals surface area contributed by atoms with Crippen LogP contribution in [0.2, 0.25) is 0 Å². The lowest BCUT2D eigenvalue weighted by molar-refractivity contribution is -0.200. The van der Waals surface area contributed by atoms with Crippen LogP contribution in [0.4, 0.5) is 0 Å². The van der Waals surface area contributed by atoms with Gasteiger partial charge in [-0.3, -0.25) is 0 Å². The molecule has 3 rings (SSSR count). The van der Waals surface area contributed by atoms with E-state index in [1.807, 2.05) is 30.3 Å². The van der Waals surface area contributed by atoms with Gasteiger partial charge in [0.25, 0.3) is 0 Å². The summed E-state index contributed by atoms with van der Waals surface area (Å²) in [4.78, 5) is 12.9. The number of ether oxygens (including phenoxy) is 2. The fourth-order valence-corrected chi connectivity index (χ4v) is 3.64. The standard InChI is InChI=1S/C19H26O4/c20-18(23-14-15-8-2-1-3-9-15)19(21,16-10-4-5-11-16)17-12-6-7-13-22-17/h1-3,8-9,16-17,21H,4-7,10-14H2/i17D. The molecule has 1 saturated heterocycles. The molecular weight excluding hydrogens is 292 g/mol. The van der Waals surface area contributed by atoms with Gasteiger partial charge < -0.3 is 14.6 Å². The quantitative estimate of drug-likeness (QED) is 0.847. The van der Waals surface area contributed by atoms with Gasteiger partial charge in [0.1, 0.15) is 6.61 Å². The maximum Gasteiger partial charge on any atom is 0.341 e. The van der Waals surface area contributed by atoms with Crippen molar-refractivity contribution in [2.24, 2.45) is 5.92 Å². The van der Waals surface area contributed by atoms with Gasteiger partial charge in [-0.2, -0.15) is 0 Å².